The van der Waals surface area contributed by atoms with Crippen molar-refractivity contribution >= 4 is 18.5 Å². The minimum absolute atomic E-state index is 0.340. The third-order valence-corrected chi connectivity index (χ3v) is 5.38. The lowest BCUT2D eigenvalue weighted by Crippen LogP contribution is -2.21. The monoisotopic (exact) mass is 296 g/mol. The lowest BCUT2D eigenvalue weighted by Gasteiger charge is -2.30. The van der Waals surface area contributed by atoms with Gasteiger partial charge in [-0.25, -0.2) is 4.57 Å². The van der Waals surface area contributed by atoms with Crippen molar-refractivity contribution in [2.45, 2.75) is 33.6 Å². The van der Waals surface area contributed by atoms with Crippen molar-refractivity contribution in [1.29, 1.82) is 0 Å². The predicted molar refractivity (Wildman–Crippen MR) is 80.4 cm³/mol. The van der Waals surface area contributed by atoms with Crippen molar-refractivity contribution in [2.75, 3.05) is 13.7 Å². The summed E-state index contributed by atoms with van der Waals surface area (Å²) in [6, 6.07) is 5.50. The van der Waals surface area contributed by atoms with Crippen LogP contribution in [0.25, 0.3) is 5.57 Å². The van der Waals surface area contributed by atoms with Gasteiger partial charge in [-0.3, -0.25) is 4.52 Å². The highest BCUT2D eigenvalue weighted by Crippen LogP contribution is 2.56. The highest BCUT2D eigenvalue weighted by atomic mass is 31.2. The Morgan fingerprint density at radius 1 is 1.20 bits per heavy atom. The van der Waals surface area contributed by atoms with Crippen LogP contribution in [-0.2, 0) is 13.6 Å². The molecule has 2 rings (SSSR count). The Hall–Kier alpha value is -1.25. The van der Waals surface area contributed by atoms with E-state index >= 15 is 0 Å². The van der Waals surface area contributed by atoms with Gasteiger partial charge in [0.15, 0.2) is 0 Å². The van der Waals surface area contributed by atoms with E-state index in [0.717, 1.165) is 23.3 Å². The normalized spacial score (nSPS) is 21.4. The lowest BCUT2D eigenvalue weighted by atomic mass is 10.00. The van der Waals surface area contributed by atoms with E-state index in [1.165, 1.54) is 0 Å². The molecule has 0 aliphatic carbocycles. The van der Waals surface area contributed by atoms with E-state index in [4.69, 9.17) is 13.8 Å². The number of hydrogen-bond donors (Lipinski definition) is 0. The highest BCUT2D eigenvalue weighted by Gasteiger charge is 2.39. The molecule has 1 aromatic rings. The van der Waals surface area contributed by atoms with E-state index in [1.807, 2.05) is 26.0 Å². The first-order valence-electron chi connectivity index (χ1n) is 6.95. The number of rotatable bonds is 5. The van der Waals surface area contributed by atoms with Crippen molar-refractivity contribution in [1.82, 2.24) is 0 Å². The number of fused-ring (bicyclic) bond motifs is 1. The number of ether oxygens (including phenoxy) is 1. The molecule has 1 unspecified atom stereocenters. The molecule has 20 heavy (non-hydrogen) atoms. The van der Waals surface area contributed by atoms with Crippen LogP contribution in [0.15, 0.2) is 24.0 Å². The average Bonchev–Trinajstić information content (AvgIpc) is 2.46. The Morgan fingerprint density at radius 3 is 2.50 bits per heavy atom. The van der Waals surface area contributed by atoms with E-state index in [1.54, 1.807) is 13.2 Å². The van der Waals surface area contributed by atoms with Crippen molar-refractivity contribution in [3.63, 3.8) is 0 Å². The molecule has 0 saturated carbocycles. The summed E-state index contributed by atoms with van der Waals surface area (Å²) in [6.07, 6.45) is 1.47. The van der Waals surface area contributed by atoms with E-state index in [-0.39, 0.29) is 0 Å². The summed E-state index contributed by atoms with van der Waals surface area (Å²) in [4.78, 5) is 0. The van der Waals surface area contributed by atoms with Gasteiger partial charge in [0.1, 0.15) is 11.5 Å². The average molecular weight is 296 g/mol. The summed E-state index contributed by atoms with van der Waals surface area (Å²) in [7, 11) is -1.68. The Balaban J connectivity index is 2.74. The zero-order valence-corrected chi connectivity index (χ0v) is 13.3. The van der Waals surface area contributed by atoms with Crippen LogP contribution >= 0.6 is 7.60 Å². The van der Waals surface area contributed by atoms with Gasteiger partial charge in [0.2, 0.25) is 0 Å². The molecule has 0 radical (unpaired) electrons. The van der Waals surface area contributed by atoms with Crippen LogP contribution < -0.4 is 10.0 Å². The number of methoxy groups -OCH3 is 1. The van der Waals surface area contributed by atoms with Crippen molar-refractivity contribution in [2.24, 2.45) is 0 Å². The number of hydrogen-bond acceptors (Lipinski definition) is 4. The van der Waals surface area contributed by atoms with Gasteiger partial charge in [-0.2, -0.15) is 0 Å². The fraction of sp³-hybridized carbons (Fsp3) is 0.467. The van der Waals surface area contributed by atoms with Crippen LogP contribution in [0.3, 0.4) is 0 Å². The highest BCUT2D eigenvalue weighted by molar-refractivity contribution is 7.62. The van der Waals surface area contributed by atoms with Gasteiger partial charge < -0.3 is 9.26 Å². The topological polar surface area (TPSA) is 44.8 Å². The van der Waals surface area contributed by atoms with Gasteiger partial charge in [-0.15, -0.1) is 0 Å². The fourth-order valence-electron chi connectivity index (χ4n) is 2.53. The van der Waals surface area contributed by atoms with Crippen LogP contribution in [0.4, 0.5) is 0 Å². The van der Waals surface area contributed by atoms with E-state index in [2.05, 4.69) is 6.92 Å². The van der Waals surface area contributed by atoms with Gasteiger partial charge in [-0.05, 0) is 25.5 Å². The Labute approximate surface area is 120 Å². The summed E-state index contributed by atoms with van der Waals surface area (Å²) < 4.78 is 29.7. The molecule has 1 aliphatic rings. The third kappa shape index (κ3) is 2.38. The summed E-state index contributed by atoms with van der Waals surface area (Å²) in [6.45, 7) is 6.20. The molecule has 5 heteroatoms. The minimum atomic E-state index is -3.30. The fourth-order valence-corrected chi connectivity index (χ4v) is 4.47. The van der Waals surface area contributed by atoms with E-state index in [0.29, 0.717) is 24.1 Å². The van der Waals surface area contributed by atoms with Gasteiger partial charge in [0, 0.05) is 17.6 Å². The molecule has 1 aromatic carbocycles. The predicted octanol–water partition coefficient (Wildman–Crippen LogP) is 4.11. The second-order valence-corrected chi connectivity index (χ2v) is 6.39. The smallest absolute Gasteiger partial charge is 0.411 e. The molecule has 0 bridgehead atoms. The molecule has 0 amide bonds. The van der Waals surface area contributed by atoms with E-state index < -0.39 is 7.60 Å². The van der Waals surface area contributed by atoms with Gasteiger partial charge in [0.05, 0.1) is 19.0 Å². The SMILES string of the molecule is CCOP1(=O)OC(CC)=C(CC)c2c(OC)cccc21. The maximum atomic E-state index is 13.0. The largest absolute Gasteiger partial charge is 0.496 e. The van der Waals surface area contributed by atoms with Crippen LogP contribution in [0, 0.1) is 0 Å². The van der Waals surface area contributed by atoms with Crippen LogP contribution in [0.2, 0.25) is 0 Å². The zero-order valence-electron chi connectivity index (χ0n) is 12.4. The molecule has 0 spiro atoms. The van der Waals surface area contributed by atoms with Gasteiger partial charge in [-0.1, -0.05) is 19.9 Å². The van der Waals surface area contributed by atoms with Crippen molar-refractivity contribution in [3.8, 4) is 5.75 Å². The van der Waals surface area contributed by atoms with Crippen molar-refractivity contribution < 1.29 is 18.3 Å². The summed E-state index contributed by atoms with van der Waals surface area (Å²) in [5.74, 6) is 1.45. The molecule has 0 N–H and O–H groups in total. The molecule has 110 valence electrons. The lowest BCUT2D eigenvalue weighted by molar-refractivity contribution is 0.255. The first-order valence-corrected chi connectivity index (χ1v) is 8.49. The molecule has 1 aliphatic heterocycles. The van der Waals surface area contributed by atoms with Crippen LogP contribution in [0.5, 0.6) is 5.75 Å². The Kier molecular flexibility index (Phi) is 4.56. The van der Waals surface area contributed by atoms with E-state index in [9.17, 15) is 4.57 Å². The van der Waals surface area contributed by atoms with Crippen LogP contribution in [-0.4, -0.2) is 13.7 Å². The maximum absolute atomic E-state index is 13.0. The summed E-state index contributed by atoms with van der Waals surface area (Å²) in [5, 5.41) is 0.604. The second-order valence-electron chi connectivity index (χ2n) is 4.47. The molecule has 4 nitrogen and oxygen atoms in total. The molecule has 0 fully saturated rings. The minimum Gasteiger partial charge on any atom is -0.496 e. The van der Waals surface area contributed by atoms with Crippen molar-refractivity contribution in [3.05, 3.63) is 29.5 Å². The first-order chi connectivity index (χ1) is 9.61. The molecule has 1 atom stereocenters. The maximum Gasteiger partial charge on any atom is 0.411 e. The Bertz CT molecular complexity index is 577. The molecule has 1 heterocycles. The van der Waals surface area contributed by atoms with Gasteiger partial charge >= 0.3 is 7.60 Å². The quantitative estimate of drug-likeness (QED) is 0.767. The summed E-state index contributed by atoms with van der Waals surface area (Å²) in [5.41, 5.74) is 1.92. The second kappa shape index (κ2) is 6.02. The molecule has 0 aromatic heterocycles. The number of allylic oxidation sites excluding steroid dienone is 2. The zero-order chi connectivity index (χ0) is 14.8. The Morgan fingerprint density at radius 2 is 1.95 bits per heavy atom. The summed E-state index contributed by atoms with van der Waals surface area (Å²) >= 11 is 0. The number of benzene rings is 1. The molecule has 0 saturated heterocycles. The molecular weight excluding hydrogens is 275 g/mol. The third-order valence-electron chi connectivity index (χ3n) is 3.36. The van der Waals surface area contributed by atoms with Crippen LogP contribution in [0.1, 0.15) is 39.2 Å². The molecular formula is C15H21O4P. The first kappa shape index (κ1) is 15.1. The van der Waals surface area contributed by atoms with Gasteiger partial charge in [0.25, 0.3) is 0 Å². The standard InChI is InChI=1S/C15H21O4P/c1-5-11-12(6-2)19-20(16,18-7-3)14-10-8-9-13(17-4)15(11)14/h8-10H,5-7H2,1-4H3.